The van der Waals surface area contributed by atoms with Crippen molar-refractivity contribution >= 4 is 28.8 Å². The maximum Gasteiger partial charge on any atom is 0.288 e. The van der Waals surface area contributed by atoms with Gasteiger partial charge in [0.05, 0.1) is 17.0 Å². The molecule has 2 aromatic heterocycles. The number of amides is 3. The topological polar surface area (TPSA) is 97.2 Å². The van der Waals surface area contributed by atoms with Crippen molar-refractivity contribution in [2.45, 2.75) is 0 Å². The van der Waals surface area contributed by atoms with Gasteiger partial charge in [-0.3, -0.25) is 19.3 Å². The molecular formula is C22H17N5O3S. The van der Waals surface area contributed by atoms with Crippen LogP contribution in [0.3, 0.4) is 0 Å². The predicted octanol–water partition coefficient (Wildman–Crippen LogP) is 2.09. The first kappa shape index (κ1) is 20.4. The second kappa shape index (κ2) is 9.28. The molecule has 0 spiro atoms. The SMILES string of the molecule is O=C(NCCN1C(=O)CSC1=O)c1ccc(-n2cccn2)c(C#Cc2ccccn2)c1. The maximum atomic E-state index is 12.6. The molecule has 0 bridgehead atoms. The molecule has 0 aliphatic carbocycles. The first-order chi connectivity index (χ1) is 15.1. The second-order valence-electron chi connectivity index (χ2n) is 6.50. The van der Waals surface area contributed by atoms with E-state index < -0.39 is 0 Å². The highest BCUT2D eigenvalue weighted by atomic mass is 32.2. The molecule has 31 heavy (non-hydrogen) atoms. The Labute approximate surface area is 182 Å². The molecule has 0 radical (unpaired) electrons. The third-order valence-electron chi connectivity index (χ3n) is 4.46. The van der Waals surface area contributed by atoms with Crippen LogP contribution < -0.4 is 5.32 Å². The van der Waals surface area contributed by atoms with E-state index in [0.717, 1.165) is 22.3 Å². The third-order valence-corrected chi connectivity index (χ3v) is 5.32. The van der Waals surface area contributed by atoms with E-state index in [-0.39, 0.29) is 35.9 Å². The van der Waals surface area contributed by atoms with E-state index in [1.54, 1.807) is 53.6 Å². The number of nitrogens with zero attached hydrogens (tertiary/aromatic N) is 4. The van der Waals surface area contributed by atoms with Crippen molar-refractivity contribution in [3.63, 3.8) is 0 Å². The first-order valence-electron chi connectivity index (χ1n) is 9.44. The zero-order valence-corrected chi connectivity index (χ0v) is 17.1. The van der Waals surface area contributed by atoms with Crippen molar-refractivity contribution < 1.29 is 14.4 Å². The lowest BCUT2D eigenvalue weighted by Crippen LogP contribution is -2.37. The van der Waals surface area contributed by atoms with Crippen LogP contribution in [0.1, 0.15) is 21.6 Å². The number of nitrogens with one attached hydrogen (secondary N) is 1. The van der Waals surface area contributed by atoms with Gasteiger partial charge in [0.2, 0.25) is 5.91 Å². The van der Waals surface area contributed by atoms with Gasteiger partial charge < -0.3 is 5.32 Å². The highest BCUT2D eigenvalue weighted by molar-refractivity contribution is 8.14. The largest absolute Gasteiger partial charge is 0.350 e. The summed E-state index contributed by atoms with van der Waals surface area (Å²) in [6.07, 6.45) is 5.12. The third kappa shape index (κ3) is 4.82. The summed E-state index contributed by atoms with van der Waals surface area (Å²) in [4.78, 5) is 41.3. The van der Waals surface area contributed by atoms with E-state index in [4.69, 9.17) is 0 Å². The molecule has 1 aromatic carbocycles. The molecule has 3 heterocycles. The van der Waals surface area contributed by atoms with Crippen LogP contribution in [0.25, 0.3) is 5.69 Å². The summed E-state index contributed by atoms with van der Waals surface area (Å²) in [5, 5.41) is 6.71. The highest BCUT2D eigenvalue weighted by Gasteiger charge is 2.29. The average Bonchev–Trinajstić information content (AvgIpc) is 3.44. The normalized spacial score (nSPS) is 13.1. The van der Waals surface area contributed by atoms with Crippen LogP contribution in [0, 0.1) is 11.8 Å². The number of carbonyl (C=O) groups is 3. The van der Waals surface area contributed by atoms with E-state index in [9.17, 15) is 14.4 Å². The number of hydrogen-bond donors (Lipinski definition) is 1. The number of benzene rings is 1. The standard InChI is InChI=1S/C22H17N5O3S/c28-20-15-31-22(30)26(20)13-11-24-21(29)17-6-8-19(27-12-3-10-25-27)16(14-17)5-7-18-4-1-2-9-23-18/h1-4,6,8-10,12,14H,11,13,15H2,(H,24,29). The summed E-state index contributed by atoms with van der Waals surface area (Å²) in [6, 6.07) is 12.4. The average molecular weight is 431 g/mol. The molecule has 8 nitrogen and oxygen atoms in total. The van der Waals surface area contributed by atoms with Crippen LogP contribution in [0.4, 0.5) is 4.79 Å². The Bertz CT molecular complexity index is 1170. The Balaban J connectivity index is 1.53. The Kier molecular flexibility index (Phi) is 6.10. The van der Waals surface area contributed by atoms with Crippen LogP contribution in [0.2, 0.25) is 0 Å². The van der Waals surface area contributed by atoms with Gasteiger partial charge in [-0.25, -0.2) is 9.67 Å². The van der Waals surface area contributed by atoms with Gasteiger partial charge in [-0.2, -0.15) is 5.10 Å². The molecule has 0 saturated carbocycles. The van der Waals surface area contributed by atoms with Gasteiger partial charge in [0.15, 0.2) is 0 Å². The fraction of sp³-hybridized carbons (Fsp3) is 0.136. The smallest absolute Gasteiger partial charge is 0.288 e. The van der Waals surface area contributed by atoms with Crippen molar-refractivity contribution in [2.24, 2.45) is 0 Å². The van der Waals surface area contributed by atoms with Gasteiger partial charge in [-0.15, -0.1) is 0 Å². The summed E-state index contributed by atoms with van der Waals surface area (Å²) in [5.74, 6) is 5.67. The summed E-state index contributed by atoms with van der Waals surface area (Å²) in [6.45, 7) is 0.320. The van der Waals surface area contributed by atoms with Crippen molar-refractivity contribution in [2.75, 3.05) is 18.8 Å². The zero-order chi connectivity index (χ0) is 21.6. The number of hydrogen-bond acceptors (Lipinski definition) is 6. The Morgan fingerprint density at radius 1 is 1.13 bits per heavy atom. The quantitative estimate of drug-likeness (QED) is 0.622. The summed E-state index contributed by atoms with van der Waals surface area (Å²) in [5.41, 5.74) is 2.37. The van der Waals surface area contributed by atoms with Crippen molar-refractivity contribution in [3.8, 4) is 17.5 Å². The number of thioether (sulfide) groups is 1. The molecule has 0 atom stereocenters. The molecule has 0 unspecified atom stereocenters. The van der Waals surface area contributed by atoms with Crippen LogP contribution in [-0.2, 0) is 4.79 Å². The van der Waals surface area contributed by atoms with Gasteiger partial charge in [0.1, 0.15) is 5.69 Å². The van der Waals surface area contributed by atoms with Crippen molar-refractivity contribution in [1.82, 2.24) is 25.0 Å². The molecule has 1 aliphatic rings. The molecule has 3 amide bonds. The van der Waals surface area contributed by atoms with Gasteiger partial charge in [-0.1, -0.05) is 23.7 Å². The van der Waals surface area contributed by atoms with Gasteiger partial charge in [0, 0.05) is 37.2 Å². The fourth-order valence-electron chi connectivity index (χ4n) is 2.94. The van der Waals surface area contributed by atoms with E-state index in [1.807, 2.05) is 12.1 Å². The minimum absolute atomic E-state index is 0.147. The second-order valence-corrected chi connectivity index (χ2v) is 7.43. The predicted molar refractivity (Wildman–Crippen MR) is 116 cm³/mol. The lowest BCUT2D eigenvalue weighted by molar-refractivity contribution is -0.124. The first-order valence-corrected chi connectivity index (χ1v) is 10.4. The molecule has 1 aliphatic heterocycles. The molecule has 154 valence electrons. The highest BCUT2D eigenvalue weighted by Crippen LogP contribution is 2.18. The summed E-state index contributed by atoms with van der Waals surface area (Å²) in [7, 11) is 0. The maximum absolute atomic E-state index is 12.6. The number of pyridine rings is 1. The molecule has 1 saturated heterocycles. The van der Waals surface area contributed by atoms with E-state index in [0.29, 0.717) is 16.8 Å². The van der Waals surface area contributed by atoms with Crippen LogP contribution in [-0.4, -0.2) is 55.6 Å². The monoisotopic (exact) mass is 431 g/mol. The molecule has 4 rings (SSSR count). The number of imide groups is 1. The summed E-state index contributed by atoms with van der Waals surface area (Å²) >= 11 is 0.971. The van der Waals surface area contributed by atoms with E-state index in [1.165, 1.54) is 0 Å². The number of carbonyl (C=O) groups excluding carboxylic acids is 3. The Hall–Kier alpha value is -3.90. The van der Waals surface area contributed by atoms with Crippen molar-refractivity contribution in [1.29, 1.82) is 0 Å². The van der Waals surface area contributed by atoms with Gasteiger partial charge in [0.25, 0.3) is 11.1 Å². The minimum Gasteiger partial charge on any atom is -0.350 e. The van der Waals surface area contributed by atoms with Crippen LogP contribution in [0.15, 0.2) is 61.1 Å². The molecule has 3 aromatic rings. The van der Waals surface area contributed by atoms with Crippen LogP contribution >= 0.6 is 11.8 Å². The molecular weight excluding hydrogens is 414 g/mol. The van der Waals surface area contributed by atoms with E-state index >= 15 is 0 Å². The van der Waals surface area contributed by atoms with E-state index in [2.05, 4.69) is 27.2 Å². The Morgan fingerprint density at radius 3 is 2.74 bits per heavy atom. The van der Waals surface area contributed by atoms with Crippen molar-refractivity contribution in [3.05, 3.63) is 77.9 Å². The fourth-order valence-corrected chi connectivity index (χ4v) is 3.69. The number of rotatable bonds is 5. The van der Waals surface area contributed by atoms with Gasteiger partial charge in [-0.05, 0) is 42.3 Å². The molecule has 1 N–H and O–H groups in total. The zero-order valence-electron chi connectivity index (χ0n) is 16.3. The lowest BCUT2D eigenvalue weighted by atomic mass is 10.1. The van der Waals surface area contributed by atoms with Gasteiger partial charge >= 0.3 is 0 Å². The minimum atomic E-state index is -0.320. The Morgan fingerprint density at radius 2 is 2.03 bits per heavy atom. The molecule has 9 heteroatoms. The summed E-state index contributed by atoms with van der Waals surface area (Å²) < 4.78 is 1.67. The number of aromatic nitrogens is 3. The lowest BCUT2D eigenvalue weighted by Gasteiger charge is -2.13. The molecule has 1 fully saturated rings. The van der Waals surface area contributed by atoms with Crippen LogP contribution in [0.5, 0.6) is 0 Å².